The van der Waals surface area contributed by atoms with E-state index in [0.29, 0.717) is 5.16 Å². The zero-order chi connectivity index (χ0) is 8.55. The van der Waals surface area contributed by atoms with Crippen LogP contribution in [0.15, 0.2) is 29.9 Å². The molecule has 0 saturated heterocycles. The summed E-state index contributed by atoms with van der Waals surface area (Å²) < 4.78 is 3.68. The molecule has 2 aromatic rings. The summed E-state index contributed by atoms with van der Waals surface area (Å²) in [7, 11) is 0. The highest BCUT2D eigenvalue weighted by Crippen LogP contribution is 2.05. The molecule has 0 aliphatic rings. The van der Waals surface area contributed by atoms with E-state index in [1.165, 1.54) is 0 Å². The second-order valence-corrected chi connectivity index (χ2v) is 2.79. The summed E-state index contributed by atoms with van der Waals surface area (Å²) in [5.74, 6) is 0.906. The second-order valence-electron chi connectivity index (χ2n) is 2.39. The molecule has 0 radical (unpaired) electrons. The number of aromatic nitrogens is 4. The van der Waals surface area contributed by atoms with Crippen LogP contribution in [0.4, 0.5) is 0 Å². The SMILES string of the molecule is Cc1nccn1-n1ccnc1S. The van der Waals surface area contributed by atoms with Gasteiger partial charge in [0.2, 0.25) is 0 Å². The molecule has 0 aliphatic carbocycles. The predicted octanol–water partition coefficient (Wildman–Crippen LogP) is 0.988. The first-order valence-corrected chi connectivity index (χ1v) is 3.96. The van der Waals surface area contributed by atoms with Gasteiger partial charge in [0.25, 0.3) is 0 Å². The molecule has 0 fully saturated rings. The lowest BCUT2D eigenvalue weighted by atomic mass is 10.7. The normalized spacial score (nSPS) is 10.5. The lowest BCUT2D eigenvalue weighted by molar-refractivity contribution is 0.577. The molecule has 0 amide bonds. The second kappa shape index (κ2) is 2.67. The molecule has 62 valence electrons. The largest absolute Gasteiger partial charge is 0.240 e. The summed E-state index contributed by atoms with van der Waals surface area (Å²) >= 11 is 4.19. The van der Waals surface area contributed by atoms with Crippen molar-refractivity contribution in [3.05, 3.63) is 30.6 Å². The molecule has 0 N–H and O–H groups in total. The Morgan fingerprint density at radius 1 is 1.17 bits per heavy atom. The molecule has 5 heteroatoms. The van der Waals surface area contributed by atoms with E-state index in [2.05, 4.69) is 22.6 Å². The van der Waals surface area contributed by atoms with E-state index >= 15 is 0 Å². The van der Waals surface area contributed by atoms with E-state index in [0.717, 1.165) is 5.82 Å². The van der Waals surface area contributed by atoms with Crippen LogP contribution in [0.1, 0.15) is 5.82 Å². The third-order valence-corrected chi connectivity index (χ3v) is 1.96. The van der Waals surface area contributed by atoms with Gasteiger partial charge >= 0.3 is 0 Å². The molecule has 0 unspecified atom stereocenters. The number of thiol groups is 1. The van der Waals surface area contributed by atoms with E-state index in [4.69, 9.17) is 0 Å². The first kappa shape index (κ1) is 7.42. The van der Waals surface area contributed by atoms with Crippen LogP contribution in [-0.4, -0.2) is 19.3 Å². The van der Waals surface area contributed by atoms with Crippen LogP contribution in [-0.2, 0) is 0 Å². The zero-order valence-corrected chi connectivity index (χ0v) is 7.44. The summed E-state index contributed by atoms with van der Waals surface area (Å²) in [4.78, 5) is 8.09. The monoisotopic (exact) mass is 180 g/mol. The van der Waals surface area contributed by atoms with Crippen LogP contribution in [0.3, 0.4) is 0 Å². The Morgan fingerprint density at radius 3 is 2.33 bits per heavy atom. The van der Waals surface area contributed by atoms with Crippen molar-refractivity contribution in [2.45, 2.75) is 12.1 Å². The molecule has 4 nitrogen and oxygen atoms in total. The number of rotatable bonds is 1. The predicted molar refractivity (Wildman–Crippen MR) is 47.2 cm³/mol. The Balaban J connectivity index is 2.57. The minimum absolute atomic E-state index is 0.649. The van der Waals surface area contributed by atoms with Crippen LogP contribution >= 0.6 is 12.6 Å². The van der Waals surface area contributed by atoms with Crippen LogP contribution in [0.25, 0.3) is 0 Å². The highest BCUT2D eigenvalue weighted by atomic mass is 32.1. The van der Waals surface area contributed by atoms with E-state index in [1.54, 1.807) is 12.4 Å². The standard InChI is InChI=1S/C7H8N4S/c1-6-8-2-4-10(6)11-5-3-9-7(11)12/h2-5H,1H3,(H,9,12). The molecular formula is C7H8N4S. The van der Waals surface area contributed by atoms with Crippen molar-refractivity contribution in [3.8, 4) is 0 Å². The molecule has 0 atom stereocenters. The molecule has 12 heavy (non-hydrogen) atoms. The van der Waals surface area contributed by atoms with E-state index < -0.39 is 0 Å². The van der Waals surface area contributed by atoms with Gasteiger partial charge in [0.05, 0.1) is 0 Å². The van der Waals surface area contributed by atoms with Crippen molar-refractivity contribution in [2.75, 3.05) is 0 Å². The number of aryl methyl sites for hydroxylation is 1. The molecule has 0 bridgehead atoms. The third kappa shape index (κ3) is 1.02. The summed E-state index contributed by atoms with van der Waals surface area (Å²) in [5, 5.41) is 0.649. The number of hydrogen-bond acceptors (Lipinski definition) is 3. The fourth-order valence-corrected chi connectivity index (χ4v) is 1.29. The topological polar surface area (TPSA) is 35.6 Å². The van der Waals surface area contributed by atoms with Crippen molar-refractivity contribution >= 4 is 12.6 Å². The quantitative estimate of drug-likeness (QED) is 0.664. The smallest absolute Gasteiger partial charge is 0.184 e. The Labute approximate surface area is 75.3 Å². The summed E-state index contributed by atoms with van der Waals surface area (Å²) in [6.07, 6.45) is 7.12. The molecule has 2 heterocycles. The average molecular weight is 180 g/mol. The highest BCUT2D eigenvalue weighted by molar-refractivity contribution is 7.80. The third-order valence-electron chi connectivity index (χ3n) is 1.64. The van der Waals surface area contributed by atoms with Gasteiger partial charge in [-0.15, -0.1) is 12.6 Å². The first-order valence-electron chi connectivity index (χ1n) is 3.52. The molecule has 0 aliphatic heterocycles. The van der Waals surface area contributed by atoms with Gasteiger partial charge in [-0.3, -0.25) is 0 Å². The number of hydrogen-bond donors (Lipinski definition) is 1. The zero-order valence-electron chi connectivity index (χ0n) is 6.55. The van der Waals surface area contributed by atoms with Crippen molar-refractivity contribution in [2.24, 2.45) is 0 Å². The highest BCUT2D eigenvalue weighted by Gasteiger charge is 2.01. The van der Waals surface area contributed by atoms with Crippen molar-refractivity contribution < 1.29 is 0 Å². The minimum atomic E-state index is 0.649. The van der Waals surface area contributed by atoms with Crippen LogP contribution < -0.4 is 0 Å². The number of imidazole rings is 2. The summed E-state index contributed by atoms with van der Waals surface area (Å²) in [6.45, 7) is 1.92. The Hall–Kier alpha value is -1.23. The molecule has 0 spiro atoms. The molecule has 0 aromatic carbocycles. The minimum Gasteiger partial charge on any atom is -0.240 e. The Morgan fingerprint density at radius 2 is 1.83 bits per heavy atom. The molecular weight excluding hydrogens is 172 g/mol. The van der Waals surface area contributed by atoms with Crippen molar-refractivity contribution in [1.82, 2.24) is 19.3 Å². The maximum atomic E-state index is 4.19. The van der Waals surface area contributed by atoms with E-state index in [-0.39, 0.29) is 0 Å². The van der Waals surface area contributed by atoms with E-state index in [1.807, 2.05) is 28.7 Å². The summed E-state index contributed by atoms with van der Waals surface area (Å²) in [6, 6.07) is 0. The van der Waals surface area contributed by atoms with Gasteiger partial charge in [-0.25, -0.2) is 19.3 Å². The Bertz CT molecular complexity index is 351. The molecule has 2 rings (SSSR count). The van der Waals surface area contributed by atoms with Gasteiger partial charge in [-0.1, -0.05) is 0 Å². The lowest BCUT2D eigenvalue weighted by Crippen LogP contribution is -2.08. The van der Waals surface area contributed by atoms with E-state index in [9.17, 15) is 0 Å². The summed E-state index contributed by atoms with van der Waals surface area (Å²) in [5.41, 5.74) is 0. The van der Waals surface area contributed by atoms with Crippen LogP contribution in [0, 0.1) is 6.92 Å². The van der Waals surface area contributed by atoms with Gasteiger partial charge in [0.1, 0.15) is 5.82 Å². The Kier molecular flexibility index (Phi) is 1.65. The van der Waals surface area contributed by atoms with Gasteiger partial charge in [-0.05, 0) is 6.92 Å². The maximum absolute atomic E-state index is 4.19. The maximum Gasteiger partial charge on any atom is 0.184 e. The first-order chi connectivity index (χ1) is 5.79. The van der Waals surface area contributed by atoms with Crippen molar-refractivity contribution in [3.63, 3.8) is 0 Å². The van der Waals surface area contributed by atoms with Crippen molar-refractivity contribution in [1.29, 1.82) is 0 Å². The van der Waals surface area contributed by atoms with Gasteiger partial charge in [0, 0.05) is 24.8 Å². The van der Waals surface area contributed by atoms with Crippen LogP contribution in [0.5, 0.6) is 0 Å². The number of nitrogens with zero attached hydrogens (tertiary/aromatic N) is 4. The molecule has 2 aromatic heterocycles. The van der Waals surface area contributed by atoms with Crippen LogP contribution in [0.2, 0.25) is 0 Å². The fourth-order valence-electron chi connectivity index (χ4n) is 1.06. The fraction of sp³-hybridized carbons (Fsp3) is 0.143. The lowest BCUT2D eigenvalue weighted by Gasteiger charge is -2.05. The average Bonchev–Trinajstić information content (AvgIpc) is 2.59. The van der Waals surface area contributed by atoms with Gasteiger partial charge in [-0.2, -0.15) is 0 Å². The van der Waals surface area contributed by atoms with Gasteiger partial charge < -0.3 is 0 Å². The molecule has 0 saturated carbocycles. The van der Waals surface area contributed by atoms with Gasteiger partial charge in [0.15, 0.2) is 5.16 Å².